The zero-order valence-electron chi connectivity index (χ0n) is 12.2. The van der Waals surface area contributed by atoms with Gasteiger partial charge in [0.2, 0.25) is 0 Å². The highest BCUT2D eigenvalue weighted by Crippen LogP contribution is 2.24. The van der Waals surface area contributed by atoms with Gasteiger partial charge in [0.1, 0.15) is 11.3 Å². The summed E-state index contributed by atoms with van der Waals surface area (Å²) in [6, 6.07) is 8.40. The Morgan fingerprint density at radius 3 is 2.57 bits per heavy atom. The number of nitrogens with zero attached hydrogens (tertiary/aromatic N) is 3. The van der Waals surface area contributed by atoms with E-state index in [1.54, 1.807) is 42.7 Å². The van der Waals surface area contributed by atoms with Crippen molar-refractivity contribution in [3.8, 4) is 11.3 Å². The molecule has 6 nitrogen and oxygen atoms in total. The van der Waals surface area contributed by atoms with E-state index < -0.39 is 9.84 Å². The van der Waals surface area contributed by atoms with Gasteiger partial charge >= 0.3 is 0 Å². The van der Waals surface area contributed by atoms with Gasteiger partial charge in [-0.25, -0.2) is 13.4 Å². The van der Waals surface area contributed by atoms with Gasteiger partial charge < -0.3 is 4.52 Å². The van der Waals surface area contributed by atoms with Gasteiger partial charge in [0.15, 0.2) is 9.84 Å². The zero-order valence-corrected chi connectivity index (χ0v) is 13.8. The maximum Gasteiger partial charge on any atom is 0.175 e. The van der Waals surface area contributed by atoms with E-state index in [1.165, 1.54) is 24.3 Å². The number of hydrogen-bond acceptors (Lipinski definition) is 7. The molecule has 0 unspecified atom stereocenters. The second-order valence-corrected chi connectivity index (χ2v) is 7.83. The fourth-order valence-electron chi connectivity index (χ4n) is 1.89. The minimum absolute atomic E-state index is 0.283. The van der Waals surface area contributed by atoms with Crippen molar-refractivity contribution in [1.82, 2.24) is 15.1 Å². The summed E-state index contributed by atoms with van der Waals surface area (Å²) in [5, 5.41) is 4.61. The van der Waals surface area contributed by atoms with E-state index in [2.05, 4.69) is 15.1 Å². The average molecular weight is 347 g/mol. The molecule has 0 atom stereocenters. The first-order valence-electron chi connectivity index (χ1n) is 6.67. The molecule has 0 fully saturated rings. The van der Waals surface area contributed by atoms with Crippen LogP contribution in [0.3, 0.4) is 0 Å². The fraction of sp³-hybridized carbons (Fsp3) is 0.133. The number of rotatable bonds is 5. The van der Waals surface area contributed by atoms with Gasteiger partial charge in [0, 0.05) is 23.6 Å². The molecule has 0 saturated heterocycles. The third-order valence-electron chi connectivity index (χ3n) is 3.05. The van der Waals surface area contributed by atoms with Crippen LogP contribution >= 0.6 is 11.8 Å². The molecule has 0 radical (unpaired) electrons. The SMILES string of the molecule is CS(=O)(=O)c1ccc(-c2cncc(SCc3ccon3)n2)cc1. The largest absolute Gasteiger partial charge is 0.364 e. The van der Waals surface area contributed by atoms with E-state index in [-0.39, 0.29) is 4.90 Å². The van der Waals surface area contributed by atoms with E-state index in [4.69, 9.17) is 4.52 Å². The highest BCUT2D eigenvalue weighted by molar-refractivity contribution is 7.98. The van der Waals surface area contributed by atoms with Crippen molar-refractivity contribution >= 4 is 21.6 Å². The molecule has 0 spiro atoms. The molecule has 118 valence electrons. The summed E-state index contributed by atoms with van der Waals surface area (Å²) >= 11 is 1.50. The summed E-state index contributed by atoms with van der Waals surface area (Å²) in [6.07, 6.45) is 6.04. The predicted molar refractivity (Wildman–Crippen MR) is 86.6 cm³/mol. The third kappa shape index (κ3) is 3.96. The quantitative estimate of drug-likeness (QED) is 0.656. The first kappa shape index (κ1) is 15.7. The van der Waals surface area contributed by atoms with Gasteiger partial charge in [0.05, 0.1) is 28.7 Å². The lowest BCUT2D eigenvalue weighted by Gasteiger charge is -2.04. The standard InChI is InChI=1S/C15H13N3O3S2/c1-23(19,20)13-4-2-11(3-5-13)14-8-16-9-15(17-14)22-10-12-6-7-21-18-12/h2-9H,10H2,1H3. The van der Waals surface area contributed by atoms with Crippen molar-refractivity contribution in [2.75, 3.05) is 6.26 Å². The Hall–Kier alpha value is -2.19. The molecule has 0 N–H and O–H groups in total. The van der Waals surface area contributed by atoms with Gasteiger partial charge in [-0.1, -0.05) is 29.1 Å². The second kappa shape index (κ2) is 6.51. The second-order valence-electron chi connectivity index (χ2n) is 4.82. The Kier molecular flexibility index (Phi) is 4.44. The predicted octanol–water partition coefficient (Wildman–Crippen LogP) is 2.83. The summed E-state index contributed by atoms with van der Waals surface area (Å²) in [6.45, 7) is 0. The van der Waals surface area contributed by atoms with Crippen LogP contribution in [0.15, 0.2) is 63.4 Å². The number of aromatic nitrogens is 3. The minimum Gasteiger partial charge on any atom is -0.364 e. The van der Waals surface area contributed by atoms with E-state index in [0.717, 1.165) is 16.3 Å². The summed E-state index contributed by atoms with van der Waals surface area (Å²) in [5.41, 5.74) is 2.34. The molecule has 2 heterocycles. The van der Waals surface area contributed by atoms with Crippen molar-refractivity contribution in [3.63, 3.8) is 0 Å². The Labute approximate surface area is 137 Å². The Morgan fingerprint density at radius 2 is 1.91 bits per heavy atom. The van der Waals surface area contributed by atoms with Crippen molar-refractivity contribution in [2.24, 2.45) is 0 Å². The van der Waals surface area contributed by atoms with Crippen LogP contribution in [0.2, 0.25) is 0 Å². The number of benzene rings is 1. The molecule has 0 amide bonds. The van der Waals surface area contributed by atoms with Crippen LogP contribution in [-0.4, -0.2) is 29.8 Å². The molecule has 0 bridgehead atoms. The summed E-state index contributed by atoms with van der Waals surface area (Å²) < 4.78 is 27.8. The van der Waals surface area contributed by atoms with Crippen LogP contribution in [0, 0.1) is 0 Å². The minimum atomic E-state index is -3.20. The Balaban J connectivity index is 1.79. The molecule has 0 aliphatic rings. The highest BCUT2D eigenvalue weighted by atomic mass is 32.2. The molecule has 0 saturated carbocycles. The van der Waals surface area contributed by atoms with E-state index in [1.807, 2.05) is 0 Å². The first-order chi connectivity index (χ1) is 11.0. The Morgan fingerprint density at radius 1 is 1.13 bits per heavy atom. The van der Waals surface area contributed by atoms with Crippen LogP contribution in [0.25, 0.3) is 11.3 Å². The molecular formula is C15H13N3O3S2. The molecule has 3 aromatic rings. The first-order valence-corrected chi connectivity index (χ1v) is 9.55. The fourth-order valence-corrected chi connectivity index (χ4v) is 3.26. The lowest BCUT2D eigenvalue weighted by molar-refractivity contribution is 0.414. The molecule has 3 rings (SSSR count). The van der Waals surface area contributed by atoms with Gasteiger partial charge in [-0.15, -0.1) is 0 Å². The highest BCUT2D eigenvalue weighted by Gasteiger charge is 2.08. The maximum absolute atomic E-state index is 11.5. The van der Waals surface area contributed by atoms with Crippen LogP contribution in [0.1, 0.15) is 5.69 Å². The Bertz CT molecular complexity index is 892. The monoisotopic (exact) mass is 347 g/mol. The lowest BCUT2D eigenvalue weighted by Crippen LogP contribution is -1.96. The van der Waals surface area contributed by atoms with E-state index in [9.17, 15) is 8.42 Å². The number of thioether (sulfide) groups is 1. The van der Waals surface area contributed by atoms with Crippen molar-refractivity contribution in [1.29, 1.82) is 0 Å². The van der Waals surface area contributed by atoms with Crippen molar-refractivity contribution < 1.29 is 12.9 Å². The smallest absolute Gasteiger partial charge is 0.175 e. The van der Waals surface area contributed by atoms with E-state index >= 15 is 0 Å². The van der Waals surface area contributed by atoms with Crippen LogP contribution in [0.4, 0.5) is 0 Å². The molecule has 8 heteroatoms. The number of sulfone groups is 1. The molecule has 2 aromatic heterocycles. The van der Waals surface area contributed by atoms with Crippen LogP contribution in [-0.2, 0) is 15.6 Å². The van der Waals surface area contributed by atoms with Crippen LogP contribution < -0.4 is 0 Å². The molecule has 1 aromatic carbocycles. The van der Waals surface area contributed by atoms with Crippen LogP contribution in [0.5, 0.6) is 0 Å². The topological polar surface area (TPSA) is 86.0 Å². The van der Waals surface area contributed by atoms with Gasteiger partial charge in [-0.05, 0) is 12.1 Å². The summed E-state index contributed by atoms with van der Waals surface area (Å²) in [7, 11) is -3.20. The normalized spacial score (nSPS) is 11.5. The number of hydrogen-bond donors (Lipinski definition) is 0. The van der Waals surface area contributed by atoms with Gasteiger partial charge in [0.25, 0.3) is 0 Å². The lowest BCUT2D eigenvalue weighted by atomic mass is 10.2. The van der Waals surface area contributed by atoms with Crippen molar-refractivity contribution in [2.45, 2.75) is 15.7 Å². The summed E-state index contributed by atoms with van der Waals surface area (Å²) in [4.78, 5) is 9.00. The molecular weight excluding hydrogens is 334 g/mol. The molecule has 0 aliphatic heterocycles. The third-order valence-corrected chi connectivity index (χ3v) is 5.11. The maximum atomic E-state index is 11.5. The molecule has 0 aliphatic carbocycles. The van der Waals surface area contributed by atoms with Gasteiger partial charge in [-0.2, -0.15) is 0 Å². The zero-order chi connectivity index (χ0) is 16.3. The molecule has 23 heavy (non-hydrogen) atoms. The van der Waals surface area contributed by atoms with Crippen molar-refractivity contribution in [3.05, 3.63) is 54.7 Å². The summed E-state index contributed by atoms with van der Waals surface area (Å²) in [5.74, 6) is 0.641. The van der Waals surface area contributed by atoms with E-state index in [0.29, 0.717) is 11.4 Å². The average Bonchev–Trinajstić information content (AvgIpc) is 3.06. The van der Waals surface area contributed by atoms with Gasteiger partial charge in [-0.3, -0.25) is 4.98 Å².